The van der Waals surface area contributed by atoms with Gasteiger partial charge in [0.2, 0.25) is 0 Å². The standard InChI is InChI=1S/C16H31N3O2/c1-13-7-10-19(15(13)12-20)16(21)17-14(2)11-18-8-5-3-4-6-9-18/h13-15,20H,3-12H2,1-2H3,(H,17,21). The van der Waals surface area contributed by atoms with Crippen molar-refractivity contribution in [1.29, 1.82) is 0 Å². The van der Waals surface area contributed by atoms with E-state index in [9.17, 15) is 9.90 Å². The molecule has 5 nitrogen and oxygen atoms in total. The van der Waals surface area contributed by atoms with Crippen LogP contribution in [0.2, 0.25) is 0 Å². The average molecular weight is 297 g/mol. The van der Waals surface area contributed by atoms with E-state index >= 15 is 0 Å². The lowest BCUT2D eigenvalue weighted by Crippen LogP contribution is -2.50. The quantitative estimate of drug-likeness (QED) is 0.830. The smallest absolute Gasteiger partial charge is 0.317 e. The van der Waals surface area contributed by atoms with Gasteiger partial charge in [0.15, 0.2) is 0 Å². The molecule has 0 bridgehead atoms. The van der Waals surface area contributed by atoms with Crippen LogP contribution in [0.15, 0.2) is 0 Å². The number of carbonyl (C=O) groups is 1. The van der Waals surface area contributed by atoms with Crippen molar-refractivity contribution in [2.75, 3.05) is 32.8 Å². The summed E-state index contributed by atoms with van der Waals surface area (Å²) in [6, 6.07) is 0.127. The second-order valence-corrected chi connectivity index (χ2v) is 6.77. The molecule has 0 aromatic carbocycles. The third kappa shape index (κ3) is 4.58. The number of nitrogens with zero attached hydrogens (tertiary/aromatic N) is 2. The highest BCUT2D eigenvalue weighted by molar-refractivity contribution is 5.75. The number of aliphatic hydroxyl groups excluding tert-OH is 1. The van der Waals surface area contributed by atoms with Crippen molar-refractivity contribution in [3.05, 3.63) is 0 Å². The number of nitrogens with one attached hydrogen (secondary N) is 1. The molecule has 2 fully saturated rings. The first-order valence-electron chi connectivity index (χ1n) is 8.52. The first-order valence-corrected chi connectivity index (χ1v) is 8.52. The normalized spacial score (nSPS) is 29.2. The molecule has 2 amide bonds. The summed E-state index contributed by atoms with van der Waals surface area (Å²) in [6.07, 6.45) is 6.20. The summed E-state index contributed by atoms with van der Waals surface area (Å²) >= 11 is 0. The molecule has 122 valence electrons. The number of amides is 2. The fraction of sp³-hybridized carbons (Fsp3) is 0.938. The van der Waals surface area contributed by atoms with Gasteiger partial charge in [-0.05, 0) is 45.2 Å². The average Bonchev–Trinajstić information content (AvgIpc) is 2.65. The summed E-state index contributed by atoms with van der Waals surface area (Å²) in [6.45, 7) is 8.24. The van der Waals surface area contributed by atoms with Crippen LogP contribution in [0, 0.1) is 5.92 Å². The number of likely N-dealkylation sites (tertiary alicyclic amines) is 2. The molecule has 0 saturated carbocycles. The van der Waals surface area contributed by atoms with Gasteiger partial charge in [-0.3, -0.25) is 0 Å². The van der Waals surface area contributed by atoms with Crippen molar-refractivity contribution < 1.29 is 9.90 Å². The lowest BCUT2D eigenvalue weighted by Gasteiger charge is -2.29. The van der Waals surface area contributed by atoms with Gasteiger partial charge in [0, 0.05) is 19.1 Å². The maximum Gasteiger partial charge on any atom is 0.317 e. The molecule has 3 unspecified atom stereocenters. The summed E-state index contributed by atoms with van der Waals surface area (Å²) < 4.78 is 0. The minimum atomic E-state index is -0.0182. The third-order valence-electron chi connectivity index (χ3n) is 4.93. The second-order valence-electron chi connectivity index (χ2n) is 6.77. The number of rotatable bonds is 4. The third-order valence-corrected chi connectivity index (χ3v) is 4.93. The van der Waals surface area contributed by atoms with Crippen LogP contribution in [0.3, 0.4) is 0 Å². The van der Waals surface area contributed by atoms with E-state index in [1.54, 1.807) is 0 Å². The van der Waals surface area contributed by atoms with E-state index in [0.717, 1.165) is 32.6 Å². The Morgan fingerprint density at radius 1 is 1.24 bits per heavy atom. The first kappa shape index (κ1) is 16.6. The Balaban J connectivity index is 1.78. The fourth-order valence-corrected chi connectivity index (χ4v) is 3.58. The minimum Gasteiger partial charge on any atom is -0.394 e. The van der Waals surface area contributed by atoms with Crippen LogP contribution in [0.5, 0.6) is 0 Å². The molecule has 5 heteroatoms. The maximum absolute atomic E-state index is 12.4. The molecule has 0 aliphatic carbocycles. The van der Waals surface area contributed by atoms with Crippen molar-refractivity contribution >= 4 is 6.03 Å². The maximum atomic E-state index is 12.4. The lowest BCUT2D eigenvalue weighted by molar-refractivity contribution is 0.140. The van der Waals surface area contributed by atoms with Crippen molar-refractivity contribution in [3.63, 3.8) is 0 Å². The molecule has 0 aromatic heterocycles. The predicted octanol–water partition coefficient (Wildman–Crippen LogP) is 1.66. The van der Waals surface area contributed by atoms with E-state index in [-0.39, 0.29) is 24.7 Å². The molecule has 3 atom stereocenters. The zero-order valence-electron chi connectivity index (χ0n) is 13.6. The SMILES string of the molecule is CC(CN1CCCCCC1)NC(=O)N1CCC(C)C1CO. The van der Waals surface area contributed by atoms with Crippen LogP contribution >= 0.6 is 0 Å². The molecule has 2 heterocycles. The number of carbonyl (C=O) groups excluding carboxylic acids is 1. The van der Waals surface area contributed by atoms with Crippen molar-refractivity contribution in [1.82, 2.24) is 15.1 Å². The van der Waals surface area contributed by atoms with Gasteiger partial charge in [-0.2, -0.15) is 0 Å². The van der Waals surface area contributed by atoms with E-state index in [0.29, 0.717) is 5.92 Å². The Kier molecular flexibility index (Phi) is 6.30. The van der Waals surface area contributed by atoms with Gasteiger partial charge in [0.1, 0.15) is 0 Å². The molecule has 21 heavy (non-hydrogen) atoms. The number of urea groups is 1. The van der Waals surface area contributed by atoms with Crippen LogP contribution in [0.4, 0.5) is 4.79 Å². The Labute approximate surface area is 128 Å². The summed E-state index contributed by atoms with van der Waals surface area (Å²) in [7, 11) is 0. The van der Waals surface area contributed by atoms with Crippen LogP contribution in [-0.4, -0.2) is 65.8 Å². The molecular formula is C16H31N3O2. The Morgan fingerprint density at radius 2 is 1.90 bits per heavy atom. The van der Waals surface area contributed by atoms with Crippen LogP contribution in [0.1, 0.15) is 46.0 Å². The number of aliphatic hydroxyl groups is 1. The van der Waals surface area contributed by atoms with Crippen molar-refractivity contribution in [3.8, 4) is 0 Å². The summed E-state index contributed by atoms with van der Waals surface area (Å²) in [5.41, 5.74) is 0. The van der Waals surface area contributed by atoms with Crippen molar-refractivity contribution in [2.24, 2.45) is 5.92 Å². The minimum absolute atomic E-state index is 0.0132. The van der Waals surface area contributed by atoms with Gasteiger partial charge in [-0.1, -0.05) is 19.8 Å². The van der Waals surface area contributed by atoms with E-state index in [2.05, 4.69) is 24.1 Å². The Bertz CT molecular complexity index is 329. The molecular weight excluding hydrogens is 266 g/mol. The Hall–Kier alpha value is -0.810. The van der Waals surface area contributed by atoms with E-state index < -0.39 is 0 Å². The van der Waals surface area contributed by atoms with Gasteiger partial charge in [0.05, 0.1) is 12.6 Å². The lowest BCUT2D eigenvalue weighted by atomic mass is 10.0. The van der Waals surface area contributed by atoms with Gasteiger partial charge in [0.25, 0.3) is 0 Å². The molecule has 0 radical (unpaired) electrons. The predicted molar refractivity (Wildman–Crippen MR) is 84.3 cm³/mol. The molecule has 2 N–H and O–H groups in total. The van der Waals surface area contributed by atoms with Gasteiger partial charge in [-0.15, -0.1) is 0 Å². The summed E-state index contributed by atoms with van der Waals surface area (Å²) in [5, 5.41) is 12.6. The van der Waals surface area contributed by atoms with E-state index in [1.165, 1.54) is 25.7 Å². The molecule has 2 aliphatic rings. The summed E-state index contributed by atoms with van der Waals surface area (Å²) in [4.78, 5) is 16.6. The zero-order chi connectivity index (χ0) is 15.2. The summed E-state index contributed by atoms with van der Waals surface area (Å²) in [5.74, 6) is 0.390. The molecule has 0 spiro atoms. The van der Waals surface area contributed by atoms with Crippen LogP contribution < -0.4 is 5.32 Å². The van der Waals surface area contributed by atoms with Crippen LogP contribution in [-0.2, 0) is 0 Å². The van der Waals surface area contributed by atoms with E-state index in [1.807, 2.05) is 4.90 Å². The highest BCUT2D eigenvalue weighted by Gasteiger charge is 2.34. The van der Waals surface area contributed by atoms with Gasteiger partial charge >= 0.3 is 6.03 Å². The molecule has 2 saturated heterocycles. The van der Waals surface area contributed by atoms with Crippen LogP contribution in [0.25, 0.3) is 0 Å². The number of hydrogen-bond acceptors (Lipinski definition) is 3. The highest BCUT2D eigenvalue weighted by Crippen LogP contribution is 2.23. The zero-order valence-corrected chi connectivity index (χ0v) is 13.6. The highest BCUT2D eigenvalue weighted by atomic mass is 16.3. The molecule has 0 aromatic rings. The number of hydrogen-bond donors (Lipinski definition) is 2. The van der Waals surface area contributed by atoms with Gasteiger partial charge < -0.3 is 20.2 Å². The molecule has 2 aliphatic heterocycles. The topological polar surface area (TPSA) is 55.8 Å². The first-order chi connectivity index (χ1) is 10.1. The monoisotopic (exact) mass is 297 g/mol. The fourth-order valence-electron chi connectivity index (χ4n) is 3.58. The Morgan fingerprint density at radius 3 is 2.52 bits per heavy atom. The van der Waals surface area contributed by atoms with E-state index in [4.69, 9.17) is 0 Å². The van der Waals surface area contributed by atoms with Gasteiger partial charge in [-0.25, -0.2) is 4.79 Å². The largest absolute Gasteiger partial charge is 0.394 e. The molecule has 2 rings (SSSR count). The van der Waals surface area contributed by atoms with Crippen molar-refractivity contribution in [2.45, 2.75) is 58.0 Å². The second kappa shape index (κ2) is 7.99.